The summed E-state index contributed by atoms with van der Waals surface area (Å²) in [5, 5.41) is 4.50. The number of thioether (sulfide) groups is 1. The Morgan fingerprint density at radius 3 is 2.86 bits per heavy atom. The molecular formula is C19H17N3O3S4. The van der Waals surface area contributed by atoms with Gasteiger partial charge in [0.05, 0.1) is 29.9 Å². The first-order valence-corrected chi connectivity index (χ1v) is 12.4. The van der Waals surface area contributed by atoms with Gasteiger partial charge in [0.1, 0.15) is 10.7 Å². The van der Waals surface area contributed by atoms with Gasteiger partial charge in [-0.25, -0.2) is 9.97 Å². The highest BCUT2D eigenvalue weighted by Crippen LogP contribution is 2.35. The zero-order valence-electron chi connectivity index (χ0n) is 15.7. The van der Waals surface area contributed by atoms with Crippen molar-refractivity contribution in [2.75, 3.05) is 6.61 Å². The minimum absolute atomic E-state index is 0.116. The predicted octanol–water partition coefficient (Wildman–Crippen LogP) is 4.88. The molecule has 4 aromatic rings. The Kier molecular flexibility index (Phi) is 6.14. The SMILES string of the molecule is CCOC(=O)Cc1csc(SCc2nc3scc(-c4ccc(C)s4)c3c(=O)[nH]2)n1. The van der Waals surface area contributed by atoms with E-state index in [1.165, 1.54) is 39.3 Å². The van der Waals surface area contributed by atoms with Crippen LogP contribution in [0.3, 0.4) is 0 Å². The molecule has 10 heteroatoms. The van der Waals surface area contributed by atoms with E-state index in [0.717, 1.165) is 19.6 Å². The fraction of sp³-hybridized carbons (Fsp3) is 0.263. The summed E-state index contributed by atoms with van der Waals surface area (Å²) >= 11 is 6.11. The van der Waals surface area contributed by atoms with E-state index in [1.807, 2.05) is 16.8 Å². The van der Waals surface area contributed by atoms with Crippen LogP contribution in [0.25, 0.3) is 20.7 Å². The maximum Gasteiger partial charge on any atom is 0.311 e. The highest BCUT2D eigenvalue weighted by molar-refractivity contribution is 8.00. The molecule has 0 fully saturated rings. The summed E-state index contributed by atoms with van der Waals surface area (Å²) in [5.74, 6) is 0.841. The molecule has 0 spiro atoms. The van der Waals surface area contributed by atoms with Crippen molar-refractivity contribution in [3.05, 3.63) is 49.6 Å². The third-order valence-electron chi connectivity index (χ3n) is 3.99. The van der Waals surface area contributed by atoms with Crippen LogP contribution in [0.2, 0.25) is 0 Å². The number of esters is 1. The van der Waals surface area contributed by atoms with E-state index in [9.17, 15) is 9.59 Å². The number of fused-ring (bicyclic) bond motifs is 1. The minimum atomic E-state index is -0.278. The van der Waals surface area contributed by atoms with Gasteiger partial charge < -0.3 is 9.72 Å². The highest BCUT2D eigenvalue weighted by atomic mass is 32.2. The molecule has 4 rings (SSSR count). The molecule has 0 atom stereocenters. The second-order valence-electron chi connectivity index (χ2n) is 6.13. The minimum Gasteiger partial charge on any atom is -0.466 e. The van der Waals surface area contributed by atoms with Gasteiger partial charge in [0, 0.05) is 26.1 Å². The summed E-state index contributed by atoms with van der Waals surface area (Å²) in [6, 6.07) is 4.10. The number of H-pyrrole nitrogens is 1. The van der Waals surface area contributed by atoms with Gasteiger partial charge in [-0.05, 0) is 26.0 Å². The molecule has 0 saturated carbocycles. The van der Waals surface area contributed by atoms with Gasteiger partial charge in [-0.15, -0.1) is 34.0 Å². The molecule has 29 heavy (non-hydrogen) atoms. The summed E-state index contributed by atoms with van der Waals surface area (Å²) in [7, 11) is 0. The molecule has 4 heterocycles. The molecule has 0 aliphatic carbocycles. The molecule has 0 aliphatic heterocycles. The second kappa shape index (κ2) is 8.78. The summed E-state index contributed by atoms with van der Waals surface area (Å²) in [6.07, 6.45) is 0.173. The fourth-order valence-corrected chi connectivity index (χ4v) is 6.39. The largest absolute Gasteiger partial charge is 0.466 e. The smallest absolute Gasteiger partial charge is 0.311 e. The Labute approximate surface area is 183 Å². The van der Waals surface area contributed by atoms with Gasteiger partial charge in [0.25, 0.3) is 5.56 Å². The molecule has 6 nitrogen and oxygen atoms in total. The van der Waals surface area contributed by atoms with Crippen molar-refractivity contribution in [1.82, 2.24) is 15.0 Å². The number of thiophene rings is 2. The van der Waals surface area contributed by atoms with Crippen LogP contribution in [0.4, 0.5) is 0 Å². The van der Waals surface area contributed by atoms with E-state index in [-0.39, 0.29) is 17.9 Å². The maximum atomic E-state index is 12.7. The molecule has 4 aromatic heterocycles. The number of carbonyl (C=O) groups is 1. The first-order valence-electron chi connectivity index (χ1n) is 8.83. The number of aryl methyl sites for hydroxylation is 1. The number of nitrogens with one attached hydrogen (secondary N) is 1. The highest BCUT2D eigenvalue weighted by Gasteiger charge is 2.15. The van der Waals surface area contributed by atoms with Crippen molar-refractivity contribution < 1.29 is 9.53 Å². The summed E-state index contributed by atoms with van der Waals surface area (Å²) in [4.78, 5) is 39.3. The predicted molar refractivity (Wildman–Crippen MR) is 120 cm³/mol. The van der Waals surface area contributed by atoms with E-state index in [0.29, 0.717) is 29.3 Å². The monoisotopic (exact) mass is 463 g/mol. The van der Waals surface area contributed by atoms with Crippen LogP contribution in [0.5, 0.6) is 0 Å². The molecular weight excluding hydrogens is 446 g/mol. The molecule has 0 bridgehead atoms. The van der Waals surface area contributed by atoms with Crippen molar-refractivity contribution in [1.29, 1.82) is 0 Å². The Morgan fingerprint density at radius 1 is 1.24 bits per heavy atom. The molecule has 0 unspecified atom stereocenters. The quantitative estimate of drug-likeness (QED) is 0.311. The third kappa shape index (κ3) is 4.61. The fourth-order valence-electron chi connectivity index (χ4n) is 2.75. The Hall–Kier alpha value is -2.01. The molecule has 0 aliphatic rings. The average Bonchev–Trinajstić information content (AvgIpc) is 3.40. The number of ether oxygens (including phenoxy) is 1. The number of hydrogen-bond acceptors (Lipinski definition) is 9. The second-order valence-corrected chi connectivity index (χ2v) is 10.4. The number of aromatic amines is 1. The number of rotatable bonds is 7. The van der Waals surface area contributed by atoms with Crippen LogP contribution in [-0.4, -0.2) is 27.5 Å². The topological polar surface area (TPSA) is 84.9 Å². The van der Waals surface area contributed by atoms with Crippen LogP contribution >= 0.6 is 45.8 Å². The van der Waals surface area contributed by atoms with E-state index < -0.39 is 0 Å². The Morgan fingerprint density at radius 2 is 2.10 bits per heavy atom. The maximum absolute atomic E-state index is 12.7. The number of aromatic nitrogens is 3. The third-order valence-corrected chi connectivity index (χ3v) is 7.98. The van der Waals surface area contributed by atoms with Crippen LogP contribution in [0.15, 0.2) is 32.0 Å². The number of nitrogens with zero attached hydrogens (tertiary/aromatic N) is 2. The van der Waals surface area contributed by atoms with Crippen molar-refractivity contribution in [3.63, 3.8) is 0 Å². The van der Waals surface area contributed by atoms with Crippen LogP contribution in [0.1, 0.15) is 23.3 Å². The number of hydrogen-bond donors (Lipinski definition) is 1. The lowest BCUT2D eigenvalue weighted by Crippen LogP contribution is -2.10. The molecule has 0 radical (unpaired) electrons. The zero-order valence-corrected chi connectivity index (χ0v) is 18.9. The van der Waals surface area contributed by atoms with Gasteiger partial charge in [0.15, 0.2) is 4.34 Å². The van der Waals surface area contributed by atoms with Crippen molar-refractivity contribution in [3.8, 4) is 10.4 Å². The van der Waals surface area contributed by atoms with Gasteiger partial charge >= 0.3 is 5.97 Å². The van der Waals surface area contributed by atoms with Crippen molar-refractivity contribution in [2.24, 2.45) is 0 Å². The lowest BCUT2D eigenvalue weighted by atomic mass is 10.2. The first kappa shape index (κ1) is 20.3. The van der Waals surface area contributed by atoms with E-state index in [2.05, 4.69) is 27.9 Å². The molecule has 0 saturated heterocycles. The van der Waals surface area contributed by atoms with Gasteiger partial charge in [-0.2, -0.15) is 0 Å². The average molecular weight is 464 g/mol. The molecule has 1 N–H and O–H groups in total. The van der Waals surface area contributed by atoms with Gasteiger partial charge in [0.2, 0.25) is 0 Å². The van der Waals surface area contributed by atoms with Crippen molar-refractivity contribution in [2.45, 2.75) is 30.4 Å². The molecule has 150 valence electrons. The van der Waals surface area contributed by atoms with E-state index >= 15 is 0 Å². The normalized spacial score (nSPS) is 11.2. The summed E-state index contributed by atoms with van der Waals surface area (Å²) in [6.45, 7) is 4.20. The van der Waals surface area contributed by atoms with Crippen LogP contribution in [0, 0.1) is 6.92 Å². The van der Waals surface area contributed by atoms with Crippen LogP contribution in [-0.2, 0) is 21.7 Å². The van der Waals surface area contributed by atoms with Crippen molar-refractivity contribution >= 4 is 62.0 Å². The Balaban J connectivity index is 1.49. The molecule has 0 amide bonds. The van der Waals surface area contributed by atoms with Gasteiger partial charge in [-0.3, -0.25) is 9.59 Å². The van der Waals surface area contributed by atoms with Crippen LogP contribution < -0.4 is 5.56 Å². The zero-order chi connectivity index (χ0) is 20.4. The summed E-state index contributed by atoms with van der Waals surface area (Å²) in [5.41, 5.74) is 1.52. The van der Waals surface area contributed by atoms with Gasteiger partial charge in [-0.1, -0.05) is 11.8 Å². The van der Waals surface area contributed by atoms with E-state index in [1.54, 1.807) is 18.3 Å². The number of thiazole rings is 1. The lowest BCUT2D eigenvalue weighted by molar-refractivity contribution is -0.142. The first-order chi connectivity index (χ1) is 14.0. The standard InChI is InChI=1S/C19H17N3O3S4/c1-3-25-15(23)6-11-7-27-19(20-11)28-9-14-21-17(24)16-12(8-26-18(16)22-14)13-5-4-10(2)29-13/h4-5,7-8H,3,6,9H2,1-2H3,(H,21,22,24). The lowest BCUT2D eigenvalue weighted by Gasteiger charge is -2.00. The number of carbonyl (C=O) groups excluding carboxylic acids is 1. The van der Waals surface area contributed by atoms with E-state index in [4.69, 9.17) is 4.74 Å². The Bertz CT molecular complexity index is 1220. The summed E-state index contributed by atoms with van der Waals surface area (Å²) < 4.78 is 5.77. The molecule has 0 aromatic carbocycles.